The van der Waals surface area contributed by atoms with E-state index in [4.69, 9.17) is 16.3 Å². The van der Waals surface area contributed by atoms with Crippen LogP contribution in [-0.2, 0) is 19.6 Å². The Morgan fingerprint density at radius 3 is 2.70 bits per heavy atom. The maximum atomic E-state index is 12.9. The lowest BCUT2D eigenvalue weighted by molar-refractivity contribution is -0.124. The number of ether oxygens (including phenoxy) is 1. The Labute approximate surface area is 165 Å². The van der Waals surface area contributed by atoms with E-state index in [-0.39, 0.29) is 27.4 Å². The molecular formula is C18H25ClN2O5S. The Kier molecular flexibility index (Phi) is 7.25. The molecule has 150 valence electrons. The molecular weight excluding hydrogens is 392 g/mol. The van der Waals surface area contributed by atoms with E-state index >= 15 is 0 Å². The van der Waals surface area contributed by atoms with Crippen LogP contribution in [0.15, 0.2) is 23.1 Å². The number of hydrogen-bond donors (Lipinski definition) is 1. The summed E-state index contributed by atoms with van der Waals surface area (Å²) in [5, 5.41) is 2.65. The van der Waals surface area contributed by atoms with Gasteiger partial charge in [-0.2, -0.15) is 4.31 Å². The minimum Gasteiger partial charge on any atom is -0.452 e. The van der Waals surface area contributed by atoms with E-state index in [0.717, 1.165) is 12.8 Å². The van der Waals surface area contributed by atoms with Crippen molar-refractivity contribution in [1.82, 2.24) is 9.62 Å². The Morgan fingerprint density at radius 2 is 2.07 bits per heavy atom. The molecule has 27 heavy (non-hydrogen) atoms. The molecule has 1 N–H and O–H groups in total. The van der Waals surface area contributed by atoms with Crippen molar-refractivity contribution >= 4 is 33.5 Å². The number of hydrogen-bond acceptors (Lipinski definition) is 5. The summed E-state index contributed by atoms with van der Waals surface area (Å²) in [7, 11) is -3.81. The molecule has 0 aliphatic carbocycles. The molecule has 1 heterocycles. The van der Waals surface area contributed by atoms with E-state index < -0.39 is 28.5 Å². The lowest BCUT2D eigenvalue weighted by Gasteiger charge is -2.30. The van der Waals surface area contributed by atoms with Crippen LogP contribution in [0.2, 0.25) is 5.02 Å². The van der Waals surface area contributed by atoms with Crippen molar-refractivity contribution in [3.05, 3.63) is 28.8 Å². The number of esters is 1. The lowest BCUT2D eigenvalue weighted by atomic mass is 10.0. The molecule has 0 saturated carbocycles. The molecule has 9 heteroatoms. The molecule has 1 aliphatic rings. The highest BCUT2D eigenvalue weighted by molar-refractivity contribution is 7.89. The van der Waals surface area contributed by atoms with E-state index in [1.165, 1.54) is 22.5 Å². The van der Waals surface area contributed by atoms with Gasteiger partial charge in [-0.1, -0.05) is 18.5 Å². The molecule has 1 aromatic carbocycles. The first-order valence-corrected chi connectivity index (χ1v) is 10.7. The van der Waals surface area contributed by atoms with E-state index in [1.54, 1.807) is 13.8 Å². The molecule has 1 aromatic rings. The number of halogens is 1. The van der Waals surface area contributed by atoms with Gasteiger partial charge in [0.1, 0.15) is 4.90 Å². The second-order valence-electron chi connectivity index (χ2n) is 7.05. The fourth-order valence-electron chi connectivity index (χ4n) is 2.91. The Balaban J connectivity index is 2.17. The standard InChI is InChI=1S/C18H25ClN2O5S/c1-12(2)20-17(22)11-26-18(23)14-6-7-15(19)16(9-14)27(24,25)21-8-4-5-13(3)10-21/h6-7,9,12-13H,4-5,8,10-11H2,1-3H3,(H,20,22)/t13-/m0/s1. The van der Waals surface area contributed by atoms with E-state index in [0.29, 0.717) is 13.1 Å². The first-order chi connectivity index (χ1) is 12.6. The van der Waals surface area contributed by atoms with E-state index in [9.17, 15) is 18.0 Å². The van der Waals surface area contributed by atoms with E-state index in [2.05, 4.69) is 5.32 Å². The third-order valence-corrected chi connectivity index (χ3v) is 6.54. The highest BCUT2D eigenvalue weighted by atomic mass is 35.5. The van der Waals surface area contributed by atoms with Gasteiger partial charge < -0.3 is 10.1 Å². The maximum absolute atomic E-state index is 12.9. The van der Waals surface area contributed by atoms with Crippen LogP contribution in [0.4, 0.5) is 0 Å². The zero-order valence-corrected chi connectivity index (χ0v) is 17.3. The maximum Gasteiger partial charge on any atom is 0.338 e. The SMILES string of the molecule is CC(C)NC(=O)COC(=O)c1ccc(Cl)c(S(=O)(=O)N2CCC[C@H](C)C2)c1. The lowest BCUT2D eigenvalue weighted by Crippen LogP contribution is -2.39. The summed E-state index contributed by atoms with van der Waals surface area (Å²) >= 11 is 6.10. The van der Waals surface area contributed by atoms with Crippen molar-refractivity contribution in [2.24, 2.45) is 5.92 Å². The normalized spacial score (nSPS) is 18.3. The fourth-order valence-corrected chi connectivity index (χ4v) is 5.01. The summed E-state index contributed by atoms with van der Waals surface area (Å²) in [5.41, 5.74) is 0.0281. The van der Waals surface area contributed by atoms with Gasteiger partial charge >= 0.3 is 5.97 Å². The predicted molar refractivity (Wildman–Crippen MR) is 102 cm³/mol. The number of nitrogens with zero attached hydrogens (tertiary/aromatic N) is 1. The molecule has 0 spiro atoms. The first kappa shape index (κ1) is 21.7. The van der Waals surface area contributed by atoms with Crippen molar-refractivity contribution in [3.8, 4) is 0 Å². The number of sulfonamides is 1. The summed E-state index contributed by atoms with van der Waals surface area (Å²) < 4.78 is 32.2. The summed E-state index contributed by atoms with van der Waals surface area (Å²) in [5.74, 6) is -0.948. The molecule has 1 atom stereocenters. The van der Waals surface area contributed by atoms with Crippen LogP contribution in [0.1, 0.15) is 44.0 Å². The van der Waals surface area contributed by atoms with Gasteiger partial charge in [0.25, 0.3) is 5.91 Å². The first-order valence-electron chi connectivity index (χ1n) is 8.87. The van der Waals surface area contributed by atoms with Gasteiger partial charge in [0.05, 0.1) is 10.6 Å². The van der Waals surface area contributed by atoms with Crippen LogP contribution in [0.25, 0.3) is 0 Å². The Hall–Kier alpha value is -1.64. The topological polar surface area (TPSA) is 92.8 Å². The summed E-state index contributed by atoms with van der Waals surface area (Å²) in [6, 6.07) is 3.87. The summed E-state index contributed by atoms with van der Waals surface area (Å²) in [4.78, 5) is 23.7. The number of carbonyl (C=O) groups excluding carboxylic acids is 2. The molecule has 0 bridgehead atoms. The number of carbonyl (C=O) groups is 2. The number of amides is 1. The van der Waals surface area contributed by atoms with Crippen molar-refractivity contribution in [3.63, 3.8) is 0 Å². The van der Waals surface area contributed by atoms with Crippen LogP contribution >= 0.6 is 11.6 Å². The molecule has 0 aromatic heterocycles. The number of nitrogens with one attached hydrogen (secondary N) is 1. The van der Waals surface area contributed by atoms with Crippen LogP contribution in [0.5, 0.6) is 0 Å². The second kappa shape index (κ2) is 9.03. The molecule has 1 aliphatic heterocycles. The molecule has 0 radical (unpaired) electrons. The third-order valence-electron chi connectivity index (χ3n) is 4.19. The number of benzene rings is 1. The van der Waals surface area contributed by atoms with Crippen LogP contribution in [-0.4, -0.2) is 50.3 Å². The molecule has 2 rings (SSSR count). The van der Waals surface area contributed by atoms with Crippen molar-refractivity contribution in [2.75, 3.05) is 19.7 Å². The van der Waals surface area contributed by atoms with Gasteiger partial charge in [0.2, 0.25) is 10.0 Å². The minimum absolute atomic E-state index is 0.0281. The fraction of sp³-hybridized carbons (Fsp3) is 0.556. The highest BCUT2D eigenvalue weighted by Crippen LogP contribution is 2.29. The zero-order chi connectivity index (χ0) is 20.2. The minimum atomic E-state index is -3.81. The summed E-state index contributed by atoms with van der Waals surface area (Å²) in [6.45, 7) is 5.98. The number of piperidine rings is 1. The average Bonchev–Trinajstić information content (AvgIpc) is 2.59. The van der Waals surface area contributed by atoms with Gasteiger partial charge in [-0.05, 0) is 50.8 Å². The second-order valence-corrected chi connectivity index (χ2v) is 9.37. The zero-order valence-electron chi connectivity index (χ0n) is 15.7. The average molecular weight is 417 g/mol. The van der Waals surface area contributed by atoms with Gasteiger partial charge in [0.15, 0.2) is 6.61 Å². The van der Waals surface area contributed by atoms with Crippen molar-refractivity contribution in [2.45, 2.75) is 44.6 Å². The van der Waals surface area contributed by atoms with Crippen molar-refractivity contribution < 1.29 is 22.7 Å². The number of rotatable bonds is 6. The monoisotopic (exact) mass is 416 g/mol. The largest absolute Gasteiger partial charge is 0.452 e. The quantitative estimate of drug-likeness (QED) is 0.719. The van der Waals surface area contributed by atoms with Crippen LogP contribution in [0.3, 0.4) is 0 Å². The Bertz CT molecular complexity index is 810. The summed E-state index contributed by atoms with van der Waals surface area (Å²) in [6.07, 6.45) is 1.76. The van der Waals surface area contributed by atoms with Gasteiger partial charge in [-0.3, -0.25) is 4.79 Å². The third kappa shape index (κ3) is 5.67. The van der Waals surface area contributed by atoms with Gasteiger partial charge in [0, 0.05) is 19.1 Å². The molecule has 1 saturated heterocycles. The van der Waals surface area contributed by atoms with Gasteiger partial charge in [-0.25, -0.2) is 13.2 Å². The molecule has 1 amide bonds. The van der Waals surface area contributed by atoms with Crippen molar-refractivity contribution in [1.29, 1.82) is 0 Å². The molecule has 0 unspecified atom stereocenters. The smallest absolute Gasteiger partial charge is 0.338 e. The van der Waals surface area contributed by atoms with E-state index in [1.807, 2.05) is 6.92 Å². The van der Waals surface area contributed by atoms with Gasteiger partial charge in [-0.15, -0.1) is 0 Å². The molecule has 7 nitrogen and oxygen atoms in total. The Morgan fingerprint density at radius 1 is 1.37 bits per heavy atom. The van der Waals surface area contributed by atoms with Crippen LogP contribution in [0, 0.1) is 5.92 Å². The predicted octanol–water partition coefficient (Wildman–Crippen LogP) is 2.44. The highest BCUT2D eigenvalue weighted by Gasteiger charge is 2.31. The van der Waals surface area contributed by atoms with Crippen LogP contribution < -0.4 is 5.32 Å². The molecule has 1 fully saturated rings.